The molecule has 0 radical (unpaired) electrons. The van der Waals surface area contributed by atoms with Gasteiger partial charge in [0.05, 0.1) is 18.1 Å². The molecule has 0 bridgehead atoms. The van der Waals surface area contributed by atoms with Crippen molar-refractivity contribution >= 4 is 5.91 Å². The Hall–Kier alpha value is -1.50. The highest BCUT2D eigenvalue weighted by molar-refractivity contribution is 5.83. The van der Waals surface area contributed by atoms with Crippen LogP contribution in [0.3, 0.4) is 0 Å². The minimum absolute atomic E-state index is 0.0765. The first-order valence-corrected chi connectivity index (χ1v) is 8.52. The number of ether oxygens (including phenoxy) is 2. The van der Waals surface area contributed by atoms with E-state index in [4.69, 9.17) is 15.2 Å². The van der Waals surface area contributed by atoms with Crippen LogP contribution in [0.4, 0.5) is 4.39 Å². The number of halogens is 1. The lowest BCUT2D eigenvalue weighted by atomic mass is 9.78. The van der Waals surface area contributed by atoms with Crippen LogP contribution in [0.25, 0.3) is 0 Å². The fraction of sp³-hybridized carbons (Fsp3) is 0.611. The number of nitrogens with two attached hydrogens (primary N) is 1. The Balaban J connectivity index is 1.77. The zero-order valence-corrected chi connectivity index (χ0v) is 14.0. The maximum atomic E-state index is 13.2. The fourth-order valence-corrected chi connectivity index (χ4v) is 3.58. The molecule has 3 rings (SSSR count). The van der Waals surface area contributed by atoms with Crippen molar-refractivity contribution in [1.29, 1.82) is 0 Å². The van der Waals surface area contributed by atoms with Crippen LogP contribution in [0.2, 0.25) is 0 Å². The first-order chi connectivity index (χ1) is 11.5. The summed E-state index contributed by atoms with van der Waals surface area (Å²) in [6.45, 7) is 4.46. The quantitative estimate of drug-likeness (QED) is 0.915. The Bertz CT molecular complexity index is 572. The van der Waals surface area contributed by atoms with Crippen molar-refractivity contribution in [3.8, 4) is 0 Å². The smallest absolute Gasteiger partial charge is 0.230 e. The first kappa shape index (κ1) is 17.3. The minimum atomic E-state index is -0.525. The van der Waals surface area contributed by atoms with Crippen molar-refractivity contribution < 1.29 is 18.7 Å². The van der Waals surface area contributed by atoms with Crippen LogP contribution in [-0.4, -0.2) is 49.8 Å². The molecule has 1 aromatic rings. The van der Waals surface area contributed by atoms with Crippen molar-refractivity contribution in [3.63, 3.8) is 0 Å². The number of hydrogen-bond donors (Lipinski definition) is 1. The highest BCUT2D eigenvalue weighted by atomic mass is 19.1. The zero-order chi connectivity index (χ0) is 17.2. The molecular weight excluding hydrogens is 311 g/mol. The second-order valence-corrected chi connectivity index (χ2v) is 6.79. The van der Waals surface area contributed by atoms with E-state index >= 15 is 0 Å². The molecule has 2 heterocycles. The molecule has 2 saturated heterocycles. The number of nitrogens with zero attached hydrogens (tertiary/aromatic N) is 1. The molecule has 6 heteroatoms. The van der Waals surface area contributed by atoms with Crippen LogP contribution >= 0.6 is 0 Å². The lowest BCUT2D eigenvalue weighted by molar-refractivity contribution is -0.159. The second kappa shape index (κ2) is 7.17. The number of rotatable bonds is 3. The van der Waals surface area contributed by atoms with Crippen LogP contribution in [0.1, 0.15) is 31.4 Å². The second-order valence-electron chi connectivity index (χ2n) is 6.79. The highest BCUT2D eigenvalue weighted by Crippen LogP contribution is 2.34. The standard InChI is InChI=1S/C18H25FN2O3/c1-13-10-21(17(22)18(12-20)6-8-23-9-7-18)11-16(24-13)14-2-4-15(19)5-3-14/h2-5,13,16H,6-12,20H2,1H3. The Morgan fingerprint density at radius 3 is 2.58 bits per heavy atom. The average molecular weight is 336 g/mol. The van der Waals surface area contributed by atoms with Crippen molar-refractivity contribution in [3.05, 3.63) is 35.6 Å². The fourth-order valence-electron chi connectivity index (χ4n) is 3.58. The SMILES string of the molecule is CC1CN(C(=O)C2(CN)CCOCC2)CC(c2ccc(F)cc2)O1. The molecular formula is C18H25FN2O3. The van der Waals surface area contributed by atoms with E-state index in [9.17, 15) is 9.18 Å². The number of carbonyl (C=O) groups is 1. The molecule has 1 amide bonds. The van der Waals surface area contributed by atoms with Gasteiger partial charge in [0.1, 0.15) is 11.9 Å². The zero-order valence-electron chi connectivity index (χ0n) is 14.0. The average Bonchev–Trinajstić information content (AvgIpc) is 2.61. The van der Waals surface area contributed by atoms with Crippen LogP contribution in [0.15, 0.2) is 24.3 Å². The van der Waals surface area contributed by atoms with Crippen LogP contribution < -0.4 is 5.73 Å². The van der Waals surface area contributed by atoms with Gasteiger partial charge in [0.15, 0.2) is 0 Å². The molecule has 0 aliphatic carbocycles. The van der Waals surface area contributed by atoms with E-state index in [1.807, 2.05) is 11.8 Å². The van der Waals surface area contributed by atoms with Crippen LogP contribution in [0, 0.1) is 11.2 Å². The minimum Gasteiger partial charge on any atom is -0.381 e. The van der Waals surface area contributed by atoms with E-state index in [-0.39, 0.29) is 23.9 Å². The van der Waals surface area contributed by atoms with Gasteiger partial charge in [-0.05, 0) is 37.5 Å². The molecule has 24 heavy (non-hydrogen) atoms. The van der Waals surface area contributed by atoms with E-state index in [2.05, 4.69) is 0 Å². The summed E-state index contributed by atoms with van der Waals surface area (Å²) in [6, 6.07) is 6.27. The largest absolute Gasteiger partial charge is 0.381 e. The van der Waals surface area contributed by atoms with Crippen molar-refractivity contribution in [2.75, 3.05) is 32.8 Å². The maximum absolute atomic E-state index is 13.2. The topological polar surface area (TPSA) is 64.8 Å². The Morgan fingerprint density at radius 2 is 1.96 bits per heavy atom. The maximum Gasteiger partial charge on any atom is 0.230 e. The predicted molar refractivity (Wildman–Crippen MR) is 87.8 cm³/mol. The van der Waals surface area contributed by atoms with Crippen molar-refractivity contribution in [2.24, 2.45) is 11.1 Å². The number of morpholine rings is 1. The summed E-state index contributed by atoms with van der Waals surface area (Å²) in [4.78, 5) is 15.0. The molecule has 2 aliphatic heterocycles. The number of carbonyl (C=O) groups excluding carboxylic acids is 1. The number of hydrogen-bond acceptors (Lipinski definition) is 4. The summed E-state index contributed by atoms with van der Waals surface area (Å²) in [5.41, 5.74) is 6.33. The van der Waals surface area contributed by atoms with Gasteiger partial charge >= 0.3 is 0 Å². The third kappa shape index (κ3) is 3.45. The lowest BCUT2D eigenvalue weighted by Crippen LogP contribution is -2.55. The molecule has 5 nitrogen and oxygen atoms in total. The summed E-state index contributed by atoms with van der Waals surface area (Å²) >= 11 is 0. The summed E-state index contributed by atoms with van der Waals surface area (Å²) in [7, 11) is 0. The Labute approximate surface area is 141 Å². The molecule has 0 spiro atoms. The lowest BCUT2D eigenvalue weighted by Gasteiger charge is -2.43. The molecule has 2 unspecified atom stereocenters. The third-order valence-electron chi connectivity index (χ3n) is 5.08. The number of amides is 1. The monoisotopic (exact) mass is 336 g/mol. The Morgan fingerprint density at radius 1 is 1.29 bits per heavy atom. The van der Waals surface area contributed by atoms with Gasteiger partial charge in [-0.1, -0.05) is 12.1 Å². The Kier molecular flexibility index (Phi) is 5.18. The summed E-state index contributed by atoms with van der Waals surface area (Å²) < 4.78 is 24.5. The van der Waals surface area contributed by atoms with Gasteiger partial charge in [0.25, 0.3) is 0 Å². The molecule has 2 atom stereocenters. The van der Waals surface area contributed by atoms with Gasteiger partial charge in [0, 0.05) is 26.3 Å². The van der Waals surface area contributed by atoms with Gasteiger partial charge in [-0.25, -0.2) is 4.39 Å². The third-order valence-corrected chi connectivity index (χ3v) is 5.08. The van der Waals surface area contributed by atoms with Crippen molar-refractivity contribution in [2.45, 2.75) is 32.0 Å². The van der Waals surface area contributed by atoms with Gasteiger partial charge in [-0.15, -0.1) is 0 Å². The molecule has 2 aliphatic rings. The highest BCUT2D eigenvalue weighted by Gasteiger charge is 2.43. The van der Waals surface area contributed by atoms with Crippen LogP contribution in [0.5, 0.6) is 0 Å². The number of benzene rings is 1. The van der Waals surface area contributed by atoms with Gasteiger partial charge < -0.3 is 20.1 Å². The van der Waals surface area contributed by atoms with Crippen molar-refractivity contribution in [1.82, 2.24) is 4.90 Å². The van der Waals surface area contributed by atoms with Gasteiger partial charge in [-0.2, -0.15) is 0 Å². The van der Waals surface area contributed by atoms with E-state index < -0.39 is 5.41 Å². The molecule has 2 fully saturated rings. The molecule has 0 aromatic heterocycles. The van der Waals surface area contributed by atoms with Gasteiger partial charge in [-0.3, -0.25) is 4.79 Å². The van der Waals surface area contributed by atoms with E-state index in [1.54, 1.807) is 12.1 Å². The van der Waals surface area contributed by atoms with Gasteiger partial charge in [0.2, 0.25) is 5.91 Å². The van der Waals surface area contributed by atoms with E-state index in [0.29, 0.717) is 45.7 Å². The van der Waals surface area contributed by atoms with E-state index in [1.165, 1.54) is 12.1 Å². The predicted octanol–water partition coefficient (Wildman–Crippen LogP) is 1.87. The van der Waals surface area contributed by atoms with Crippen LogP contribution in [-0.2, 0) is 14.3 Å². The molecule has 0 saturated carbocycles. The molecule has 1 aromatic carbocycles. The first-order valence-electron chi connectivity index (χ1n) is 8.52. The van der Waals surface area contributed by atoms with E-state index in [0.717, 1.165) is 5.56 Å². The normalized spacial score (nSPS) is 27.0. The summed E-state index contributed by atoms with van der Waals surface area (Å²) in [5, 5.41) is 0. The summed E-state index contributed by atoms with van der Waals surface area (Å²) in [6.07, 6.45) is 1.00. The molecule has 132 valence electrons. The molecule has 2 N–H and O–H groups in total. The summed E-state index contributed by atoms with van der Waals surface area (Å²) in [5.74, 6) is -0.185.